The minimum atomic E-state index is -0.340. The Morgan fingerprint density at radius 1 is 1.26 bits per heavy atom. The van der Waals surface area contributed by atoms with Gasteiger partial charge >= 0.3 is 0 Å². The molecule has 0 unspecified atom stereocenters. The third-order valence-corrected chi connectivity index (χ3v) is 3.08. The topological polar surface area (TPSA) is 33.2 Å². The summed E-state index contributed by atoms with van der Waals surface area (Å²) < 4.78 is 0. The van der Waals surface area contributed by atoms with E-state index in [0.29, 0.717) is 6.54 Å². The zero-order chi connectivity index (χ0) is 14.0. The van der Waals surface area contributed by atoms with Crippen LogP contribution in [0, 0.1) is 5.41 Å². The Kier molecular flexibility index (Phi) is 3.56. The highest BCUT2D eigenvalue weighted by Crippen LogP contribution is 2.19. The van der Waals surface area contributed by atoms with Gasteiger partial charge in [-0.1, -0.05) is 32.9 Å². The average molecular weight is 256 g/mol. The van der Waals surface area contributed by atoms with Gasteiger partial charge in [0.1, 0.15) is 0 Å². The van der Waals surface area contributed by atoms with Crippen molar-refractivity contribution >= 4 is 16.8 Å². The number of carbonyl (C=O) groups excluding carboxylic acids is 1. The number of nitrogens with zero attached hydrogens (tertiary/aromatic N) is 2. The van der Waals surface area contributed by atoms with Gasteiger partial charge in [-0.3, -0.25) is 9.78 Å². The van der Waals surface area contributed by atoms with E-state index in [-0.39, 0.29) is 11.3 Å². The predicted octanol–water partition coefficient (Wildman–Crippen LogP) is 3.24. The monoisotopic (exact) mass is 256 g/mol. The van der Waals surface area contributed by atoms with Crippen molar-refractivity contribution in [2.75, 3.05) is 7.05 Å². The Hall–Kier alpha value is -1.90. The van der Waals surface area contributed by atoms with Gasteiger partial charge in [0, 0.05) is 30.6 Å². The van der Waals surface area contributed by atoms with Crippen molar-refractivity contribution in [2.24, 2.45) is 5.41 Å². The van der Waals surface area contributed by atoms with Crippen LogP contribution < -0.4 is 0 Å². The lowest BCUT2D eigenvalue weighted by Crippen LogP contribution is -2.36. The van der Waals surface area contributed by atoms with E-state index in [1.165, 1.54) is 0 Å². The third-order valence-electron chi connectivity index (χ3n) is 3.08. The van der Waals surface area contributed by atoms with Crippen molar-refractivity contribution in [3.05, 3.63) is 42.1 Å². The maximum atomic E-state index is 12.1. The van der Waals surface area contributed by atoms with Gasteiger partial charge in [0.2, 0.25) is 5.91 Å². The van der Waals surface area contributed by atoms with Crippen LogP contribution in [0.4, 0.5) is 0 Å². The number of fused-ring (bicyclic) bond motifs is 1. The van der Waals surface area contributed by atoms with E-state index in [1.54, 1.807) is 11.1 Å². The van der Waals surface area contributed by atoms with E-state index in [4.69, 9.17) is 0 Å². The molecule has 1 aromatic heterocycles. The molecule has 1 aromatic carbocycles. The zero-order valence-electron chi connectivity index (χ0n) is 12.0. The summed E-state index contributed by atoms with van der Waals surface area (Å²) in [5.74, 6) is 0.152. The maximum Gasteiger partial charge on any atom is 0.227 e. The quantitative estimate of drug-likeness (QED) is 0.826. The average Bonchev–Trinajstić information content (AvgIpc) is 2.36. The van der Waals surface area contributed by atoms with Gasteiger partial charge in [0.05, 0.1) is 5.52 Å². The van der Waals surface area contributed by atoms with Gasteiger partial charge in [-0.2, -0.15) is 0 Å². The van der Waals surface area contributed by atoms with Gasteiger partial charge in [-0.05, 0) is 23.8 Å². The van der Waals surface area contributed by atoms with Crippen molar-refractivity contribution in [2.45, 2.75) is 27.3 Å². The maximum absolute atomic E-state index is 12.1. The van der Waals surface area contributed by atoms with E-state index >= 15 is 0 Å². The molecule has 1 amide bonds. The molecule has 3 heteroatoms. The lowest BCUT2D eigenvalue weighted by molar-refractivity contribution is -0.138. The van der Waals surface area contributed by atoms with E-state index in [0.717, 1.165) is 16.5 Å². The fourth-order valence-corrected chi connectivity index (χ4v) is 2.14. The van der Waals surface area contributed by atoms with Crippen LogP contribution >= 0.6 is 0 Å². The number of aromatic nitrogens is 1. The van der Waals surface area contributed by atoms with Crippen LogP contribution in [0.25, 0.3) is 10.9 Å². The molecule has 2 rings (SSSR count). The highest BCUT2D eigenvalue weighted by Gasteiger charge is 2.24. The first kappa shape index (κ1) is 13.5. The molecule has 2 aromatic rings. The van der Waals surface area contributed by atoms with Crippen LogP contribution in [0.2, 0.25) is 0 Å². The fraction of sp³-hybridized carbons (Fsp3) is 0.375. The summed E-state index contributed by atoms with van der Waals surface area (Å²) in [5, 5.41) is 1.11. The van der Waals surface area contributed by atoms with Gasteiger partial charge in [-0.25, -0.2) is 0 Å². The SMILES string of the molecule is CN(Cc1ccc2ncccc2c1)C(=O)C(C)(C)C. The van der Waals surface area contributed by atoms with Gasteiger partial charge < -0.3 is 4.90 Å². The lowest BCUT2D eigenvalue weighted by atomic mass is 9.94. The van der Waals surface area contributed by atoms with E-state index < -0.39 is 0 Å². The third kappa shape index (κ3) is 3.11. The molecule has 0 N–H and O–H groups in total. The molecule has 1 heterocycles. The second-order valence-corrected chi connectivity index (χ2v) is 5.94. The Labute approximate surface area is 114 Å². The summed E-state index contributed by atoms with van der Waals surface area (Å²) in [5.41, 5.74) is 1.77. The summed E-state index contributed by atoms with van der Waals surface area (Å²) in [4.78, 5) is 18.2. The molecule has 3 nitrogen and oxygen atoms in total. The lowest BCUT2D eigenvalue weighted by Gasteiger charge is -2.26. The molecule has 100 valence electrons. The number of rotatable bonds is 2. The molecule has 0 saturated heterocycles. The van der Waals surface area contributed by atoms with Crippen molar-refractivity contribution in [3.63, 3.8) is 0 Å². The highest BCUT2D eigenvalue weighted by molar-refractivity contribution is 5.82. The molecule has 0 aliphatic carbocycles. The minimum Gasteiger partial charge on any atom is -0.341 e. The molecule has 0 bridgehead atoms. The number of carbonyl (C=O) groups is 1. The molecular weight excluding hydrogens is 236 g/mol. The molecule has 0 aliphatic heterocycles. The number of hydrogen-bond acceptors (Lipinski definition) is 2. The first-order chi connectivity index (χ1) is 8.88. The number of amides is 1. The number of benzene rings is 1. The summed E-state index contributed by atoms with van der Waals surface area (Å²) >= 11 is 0. The predicted molar refractivity (Wildman–Crippen MR) is 77.7 cm³/mol. The highest BCUT2D eigenvalue weighted by atomic mass is 16.2. The summed E-state index contributed by atoms with van der Waals surface area (Å²) in [6.07, 6.45) is 1.79. The summed E-state index contributed by atoms with van der Waals surface area (Å²) in [7, 11) is 1.85. The van der Waals surface area contributed by atoms with Gasteiger partial charge in [-0.15, -0.1) is 0 Å². The molecule has 0 radical (unpaired) electrons. The van der Waals surface area contributed by atoms with Gasteiger partial charge in [0.25, 0.3) is 0 Å². The van der Waals surface area contributed by atoms with Crippen molar-refractivity contribution in [3.8, 4) is 0 Å². The van der Waals surface area contributed by atoms with E-state index in [9.17, 15) is 4.79 Å². The summed E-state index contributed by atoms with van der Waals surface area (Å²) in [6, 6.07) is 10.1. The molecular formula is C16H20N2O. The fourth-order valence-electron chi connectivity index (χ4n) is 2.14. The van der Waals surface area contributed by atoms with Crippen molar-refractivity contribution in [1.29, 1.82) is 0 Å². The number of pyridine rings is 1. The Morgan fingerprint density at radius 3 is 2.68 bits per heavy atom. The molecule has 0 saturated carbocycles. The van der Waals surface area contributed by atoms with Gasteiger partial charge in [0.15, 0.2) is 0 Å². The van der Waals surface area contributed by atoms with Crippen LogP contribution in [0.5, 0.6) is 0 Å². The van der Waals surface area contributed by atoms with E-state index in [1.807, 2.05) is 52.1 Å². The van der Waals surface area contributed by atoms with Crippen LogP contribution in [0.3, 0.4) is 0 Å². The summed E-state index contributed by atoms with van der Waals surface area (Å²) in [6.45, 7) is 6.45. The second-order valence-electron chi connectivity index (χ2n) is 5.94. The molecule has 0 atom stereocenters. The van der Waals surface area contributed by atoms with Crippen LogP contribution in [-0.4, -0.2) is 22.8 Å². The van der Waals surface area contributed by atoms with Crippen molar-refractivity contribution in [1.82, 2.24) is 9.88 Å². The normalized spacial score (nSPS) is 11.6. The van der Waals surface area contributed by atoms with Crippen LogP contribution in [-0.2, 0) is 11.3 Å². The number of hydrogen-bond donors (Lipinski definition) is 0. The first-order valence-electron chi connectivity index (χ1n) is 6.47. The second kappa shape index (κ2) is 5.00. The molecule has 19 heavy (non-hydrogen) atoms. The first-order valence-corrected chi connectivity index (χ1v) is 6.47. The van der Waals surface area contributed by atoms with Crippen molar-refractivity contribution < 1.29 is 4.79 Å². The minimum absolute atomic E-state index is 0.152. The molecule has 0 aliphatic rings. The smallest absolute Gasteiger partial charge is 0.227 e. The molecule has 0 spiro atoms. The largest absolute Gasteiger partial charge is 0.341 e. The zero-order valence-corrected chi connectivity index (χ0v) is 12.0. The van der Waals surface area contributed by atoms with Crippen LogP contribution in [0.15, 0.2) is 36.5 Å². The Morgan fingerprint density at radius 2 is 2.00 bits per heavy atom. The molecule has 0 fully saturated rings. The Balaban J connectivity index is 2.19. The van der Waals surface area contributed by atoms with Crippen LogP contribution in [0.1, 0.15) is 26.3 Å². The Bertz CT molecular complexity index is 599. The van der Waals surface area contributed by atoms with E-state index in [2.05, 4.69) is 11.1 Å². The standard InChI is InChI=1S/C16H20N2O/c1-16(2,3)15(19)18(4)11-12-7-8-14-13(10-12)6-5-9-17-14/h5-10H,11H2,1-4H3.